The van der Waals surface area contributed by atoms with Crippen molar-refractivity contribution in [1.82, 2.24) is 0 Å². The van der Waals surface area contributed by atoms with Crippen LogP contribution < -0.4 is 9.47 Å². The van der Waals surface area contributed by atoms with Gasteiger partial charge in [-0.25, -0.2) is 0 Å². The molecule has 0 aliphatic carbocycles. The second-order valence-electron chi connectivity index (χ2n) is 6.04. The van der Waals surface area contributed by atoms with Crippen molar-refractivity contribution < 1.29 is 24.5 Å². The normalized spacial score (nSPS) is 10.3. The highest BCUT2D eigenvalue weighted by Crippen LogP contribution is 2.28. The van der Waals surface area contributed by atoms with E-state index in [-0.39, 0.29) is 17.0 Å². The van der Waals surface area contributed by atoms with Crippen LogP contribution in [-0.2, 0) is 9.59 Å². The maximum atomic E-state index is 11.9. The highest BCUT2D eigenvalue weighted by Gasteiger charge is 2.22. The molecule has 2 N–H and O–H groups in total. The van der Waals surface area contributed by atoms with Gasteiger partial charge in [0.25, 0.3) is 0 Å². The number of ether oxygens (including phenoxy) is 2. The molecule has 0 heterocycles. The highest BCUT2D eigenvalue weighted by molar-refractivity contribution is 6.32. The molecule has 0 radical (unpaired) electrons. The molecule has 0 spiro atoms. The maximum Gasteiger partial charge on any atom is 0.143 e. The van der Waals surface area contributed by atoms with Gasteiger partial charge in [0, 0.05) is 18.9 Å². The van der Waals surface area contributed by atoms with Crippen LogP contribution in [0.3, 0.4) is 0 Å². The molecule has 5 nitrogen and oxygen atoms in total. The Morgan fingerprint density at radius 3 is 2.19 bits per heavy atom. The van der Waals surface area contributed by atoms with E-state index in [4.69, 9.17) is 21.1 Å². The van der Waals surface area contributed by atoms with E-state index >= 15 is 0 Å². The van der Waals surface area contributed by atoms with Crippen molar-refractivity contribution in [2.24, 2.45) is 5.92 Å². The van der Waals surface area contributed by atoms with Gasteiger partial charge in [0.2, 0.25) is 0 Å². The van der Waals surface area contributed by atoms with Crippen LogP contribution in [0.4, 0.5) is 0 Å². The van der Waals surface area contributed by atoms with Gasteiger partial charge in [0.1, 0.15) is 23.1 Å². The lowest BCUT2D eigenvalue weighted by molar-refractivity contribution is -0.132. The zero-order valence-electron chi connectivity index (χ0n) is 16.0. The van der Waals surface area contributed by atoms with Crippen molar-refractivity contribution in [1.29, 1.82) is 0 Å². The molecule has 0 atom stereocenters. The summed E-state index contributed by atoms with van der Waals surface area (Å²) >= 11 is 6.12. The summed E-state index contributed by atoms with van der Waals surface area (Å²) in [7, 11) is 1.60. The van der Waals surface area contributed by atoms with Crippen molar-refractivity contribution in [2.45, 2.75) is 58.8 Å². The van der Waals surface area contributed by atoms with Crippen LogP contribution in [0.15, 0.2) is 18.2 Å². The molecule has 0 bridgehead atoms. The Morgan fingerprint density at radius 2 is 1.65 bits per heavy atom. The molecule has 1 aromatic rings. The number of Topliss-reactive ketones (excluding diaryl/α,β-unsaturated/α-hetero) is 2. The van der Waals surface area contributed by atoms with Crippen molar-refractivity contribution in [3.8, 4) is 11.5 Å². The third kappa shape index (κ3) is 8.19. The lowest BCUT2D eigenvalue weighted by Crippen LogP contribution is -2.22. The molecule has 26 heavy (non-hydrogen) atoms. The molecule has 148 valence electrons. The summed E-state index contributed by atoms with van der Waals surface area (Å²) in [6, 6.07) is 5.35. The van der Waals surface area contributed by atoms with Gasteiger partial charge in [-0.05, 0) is 25.0 Å². The van der Waals surface area contributed by atoms with E-state index in [1.807, 2.05) is 19.9 Å². The topological polar surface area (TPSA) is 84.1 Å². The first-order chi connectivity index (χ1) is 12.0. The van der Waals surface area contributed by atoms with Gasteiger partial charge in [0.05, 0.1) is 24.7 Å². The fourth-order valence-corrected chi connectivity index (χ4v) is 2.93. The molecule has 1 aromatic carbocycles. The minimum Gasteiger partial charge on any atom is -0.497 e. The summed E-state index contributed by atoms with van der Waals surface area (Å²) in [6.45, 7) is 4.23. The first-order valence-corrected chi connectivity index (χ1v) is 9.43. The van der Waals surface area contributed by atoms with Crippen molar-refractivity contribution in [3.63, 3.8) is 0 Å². The molecule has 6 heteroatoms. The molecule has 0 saturated carbocycles. The first-order valence-electron chi connectivity index (χ1n) is 9.05. The number of carbonyl (C=O) groups is 2. The number of ketones is 2. The second kappa shape index (κ2) is 13.6. The van der Waals surface area contributed by atoms with E-state index < -0.39 is 5.92 Å². The Morgan fingerprint density at radius 1 is 1.04 bits per heavy atom. The van der Waals surface area contributed by atoms with Crippen LogP contribution in [0.25, 0.3) is 0 Å². The maximum absolute atomic E-state index is 11.9. The van der Waals surface area contributed by atoms with Crippen LogP contribution in [0.5, 0.6) is 11.5 Å². The summed E-state index contributed by atoms with van der Waals surface area (Å²) in [5, 5.41) is 0.540. The predicted octanol–water partition coefficient (Wildman–Crippen LogP) is 4.43. The van der Waals surface area contributed by atoms with E-state index in [0.717, 1.165) is 25.7 Å². The van der Waals surface area contributed by atoms with Crippen LogP contribution in [0.2, 0.25) is 5.02 Å². The van der Waals surface area contributed by atoms with E-state index in [9.17, 15) is 9.59 Å². The lowest BCUT2D eigenvalue weighted by atomic mass is 9.90. The van der Waals surface area contributed by atoms with Crippen LogP contribution in [0.1, 0.15) is 58.8 Å². The average Bonchev–Trinajstić information content (AvgIpc) is 2.63. The molecule has 0 aliphatic heterocycles. The highest BCUT2D eigenvalue weighted by atomic mass is 35.5. The summed E-state index contributed by atoms with van der Waals surface area (Å²) in [4.78, 5) is 23.7. The number of hydrogen-bond donors (Lipinski definition) is 0. The summed E-state index contributed by atoms with van der Waals surface area (Å²) in [5.74, 6) is 1.11. The zero-order valence-corrected chi connectivity index (χ0v) is 16.7. The molecular weight excluding hydrogens is 356 g/mol. The smallest absolute Gasteiger partial charge is 0.143 e. The van der Waals surface area contributed by atoms with Gasteiger partial charge >= 0.3 is 0 Å². The molecule has 0 fully saturated rings. The Bertz CT molecular complexity index is 543. The molecule has 1 rings (SSSR count). The predicted molar refractivity (Wildman–Crippen MR) is 104 cm³/mol. The average molecular weight is 387 g/mol. The Kier molecular flexibility index (Phi) is 12.8. The molecular formula is C20H31ClO5. The summed E-state index contributed by atoms with van der Waals surface area (Å²) < 4.78 is 10.8. The largest absolute Gasteiger partial charge is 0.497 e. The number of carbonyl (C=O) groups excluding carboxylic acids is 2. The number of methoxy groups -OCH3 is 1. The molecule has 0 saturated heterocycles. The lowest BCUT2D eigenvalue weighted by Gasteiger charge is -2.13. The van der Waals surface area contributed by atoms with Gasteiger partial charge in [0.15, 0.2) is 0 Å². The fourth-order valence-electron chi connectivity index (χ4n) is 2.71. The third-order valence-corrected chi connectivity index (χ3v) is 4.55. The quantitative estimate of drug-likeness (QED) is 0.371. The monoisotopic (exact) mass is 386 g/mol. The SMILES string of the molecule is CCC(=O)C(CCCCCCOc1ccc(OC)cc1Cl)C(=O)CC.O. The van der Waals surface area contributed by atoms with Crippen molar-refractivity contribution >= 4 is 23.2 Å². The van der Waals surface area contributed by atoms with Gasteiger partial charge in [-0.3, -0.25) is 9.59 Å². The molecule has 0 aliphatic rings. The minimum atomic E-state index is -0.399. The molecule has 0 amide bonds. The van der Waals surface area contributed by atoms with Crippen molar-refractivity contribution in [3.05, 3.63) is 23.2 Å². The summed E-state index contributed by atoms with van der Waals surface area (Å²) in [5.41, 5.74) is 0. The number of hydrogen-bond acceptors (Lipinski definition) is 4. The van der Waals surface area contributed by atoms with Crippen LogP contribution in [0, 0.1) is 5.92 Å². The Balaban J connectivity index is 0.00000625. The van der Waals surface area contributed by atoms with Crippen LogP contribution >= 0.6 is 11.6 Å². The van der Waals surface area contributed by atoms with Gasteiger partial charge in [-0.15, -0.1) is 0 Å². The number of benzene rings is 1. The zero-order chi connectivity index (χ0) is 18.7. The second-order valence-corrected chi connectivity index (χ2v) is 6.45. The van der Waals surface area contributed by atoms with E-state index in [1.54, 1.807) is 19.2 Å². The fraction of sp³-hybridized carbons (Fsp3) is 0.600. The number of halogens is 1. The first kappa shape index (κ1) is 24.4. The van der Waals surface area contributed by atoms with Crippen LogP contribution in [-0.4, -0.2) is 30.8 Å². The Labute approximate surface area is 161 Å². The number of unbranched alkanes of at least 4 members (excludes halogenated alkanes) is 3. The van der Waals surface area contributed by atoms with E-state index in [0.29, 0.717) is 42.4 Å². The van der Waals surface area contributed by atoms with Crippen molar-refractivity contribution in [2.75, 3.05) is 13.7 Å². The summed E-state index contributed by atoms with van der Waals surface area (Å²) in [6.07, 6.45) is 5.34. The third-order valence-electron chi connectivity index (χ3n) is 4.26. The molecule has 0 unspecified atom stereocenters. The Hall–Kier alpha value is -1.59. The standard InChI is InChI=1S/C20H29ClO4.H2O/c1-4-18(22)16(19(23)5-2)10-8-6-7-9-13-25-20-12-11-15(24-3)14-17(20)21;/h11-12,14,16H,4-10,13H2,1-3H3;1H2. The molecule has 0 aromatic heterocycles. The van der Waals surface area contributed by atoms with E-state index in [1.165, 1.54) is 0 Å². The van der Waals surface area contributed by atoms with Gasteiger partial charge < -0.3 is 14.9 Å². The van der Waals surface area contributed by atoms with E-state index in [2.05, 4.69) is 0 Å². The number of rotatable bonds is 13. The van der Waals surface area contributed by atoms with Gasteiger partial charge in [-0.2, -0.15) is 0 Å². The van der Waals surface area contributed by atoms with Gasteiger partial charge in [-0.1, -0.05) is 44.7 Å². The minimum absolute atomic E-state index is 0.